The number of hydrogen-bond acceptors (Lipinski definition) is 5. The lowest BCUT2D eigenvalue weighted by molar-refractivity contribution is 0.246. The highest BCUT2D eigenvalue weighted by Crippen LogP contribution is 2.37. The van der Waals surface area contributed by atoms with E-state index in [1.165, 1.54) is 30.0 Å². The minimum absolute atomic E-state index is 0.000371. The van der Waals surface area contributed by atoms with Crippen molar-refractivity contribution in [1.82, 2.24) is 14.5 Å². The molecule has 0 bridgehead atoms. The summed E-state index contributed by atoms with van der Waals surface area (Å²) in [7, 11) is -2.10. The van der Waals surface area contributed by atoms with E-state index in [4.69, 9.17) is 16.0 Å². The lowest BCUT2D eigenvalue weighted by Crippen LogP contribution is -2.43. The van der Waals surface area contributed by atoms with Gasteiger partial charge in [-0.1, -0.05) is 50.2 Å². The highest BCUT2D eigenvalue weighted by molar-refractivity contribution is 7.98. The van der Waals surface area contributed by atoms with Crippen molar-refractivity contribution >= 4 is 31.7 Å². The van der Waals surface area contributed by atoms with Crippen LogP contribution in [0.1, 0.15) is 32.4 Å². The van der Waals surface area contributed by atoms with E-state index in [1.54, 1.807) is 29.1 Å². The molecule has 2 heterocycles. The topological polar surface area (TPSA) is 57.0 Å². The van der Waals surface area contributed by atoms with E-state index in [-0.39, 0.29) is 22.2 Å². The maximum atomic E-state index is 14.3. The van der Waals surface area contributed by atoms with Crippen LogP contribution in [-0.4, -0.2) is 35.7 Å². The molecule has 33 heavy (non-hydrogen) atoms. The molecule has 0 aliphatic rings. The molecule has 0 saturated carbocycles. The SMILES string of the molecule is CSc1nccc(-c2ccn(C(CO[Si](C)(C)C(C)(C)C)c3ccc(Cl)c(F)c3)c(=O)c2)n1. The molecule has 3 aromatic rings. The fraction of sp³-hybridized carbons (Fsp3) is 0.375. The molecular weight excluding hydrogens is 477 g/mol. The van der Waals surface area contributed by atoms with E-state index in [0.29, 0.717) is 22.0 Å². The molecule has 5 nitrogen and oxygen atoms in total. The molecule has 0 spiro atoms. The van der Waals surface area contributed by atoms with Gasteiger partial charge in [-0.25, -0.2) is 14.4 Å². The first kappa shape index (κ1) is 25.6. The number of rotatable bonds is 7. The normalized spacial score (nSPS) is 13.2. The van der Waals surface area contributed by atoms with Gasteiger partial charge >= 0.3 is 0 Å². The van der Waals surface area contributed by atoms with Crippen LogP contribution in [0.5, 0.6) is 0 Å². The van der Waals surface area contributed by atoms with Crippen LogP contribution in [0, 0.1) is 5.82 Å². The highest BCUT2D eigenvalue weighted by atomic mass is 35.5. The number of pyridine rings is 1. The Morgan fingerprint density at radius 3 is 2.55 bits per heavy atom. The summed E-state index contributed by atoms with van der Waals surface area (Å²) in [6.07, 6.45) is 5.28. The molecule has 1 unspecified atom stereocenters. The zero-order valence-corrected chi connectivity index (χ0v) is 22.3. The molecule has 0 aliphatic heterocycles. The quantitative estimate of drug-likeness (QED) is 0.210. The molecule has 0 fully saturated rings. The van der Waals surface area contributed by atoms with Crippen LogP contribution >= 0.6 is 23.4 Å². The van der Waals surface area contributed by atoms with E-state index in [1.807, 2.05) is 12.3 Å². The van der Waals surface area contributed by atoms with E-state index in [2.05, 4.69) is 43.8 Å². The van der Waals surface area contributed by atoms with E-state index < -0.39 is 20.2 Å². The van der Waals surface area contributed by atoms with E-state index in [0.717, 1.165) is 0 Å². The second-order valence-electron chi connectivity index (χ2n) is 9.35. The van der Waals surface area contributed by atoms with Gasteiger partial charge in [0.15, 0.2) is 13.5 Å². The zero-order valence-electron chi connectivity index (χ0n) is 19.7. The lowest BCUT2D eigenvalue weighted by atomic mass is 10.1. The van der Waals surface area contributed by atoms with Crippen molar-refractivity contribution in [2.24, 2.45) is 0 Å². The van der Waals surface area contributed by atoms with Gasteiger partial charge in [0.2, 0.25) is 0 Å². The third kappa shape index (κ3) is 5.92. The van der Waals surface area contributed by atoms with Crippen LogP contribution in [0.2, 0.25) is 23.2 Å². The third-order valence-electron chi connectivity index (χ3n) is 6.13. The molecule has 9 heteroatoms. The molecule has 176 valence electrons. The van der Waals surface area contributed by atoms with Crippen molar-refractivity contribution in [2.75, 3.05) is 12.9 Å². The molecule has 1 atom stereocenters. The summed E-state index contributed by atoms with van der Waals surface area (Å²) in [5.74, 6) is -0.526. The molecule has 0 N–H and O–H groups in total. The summed E-state index contributed by atoms with van der Waals surface area (Å²) in [5, 5.41) is 0.674. The second-order valence-corrected chi connectivity index (χ2v) is 15.3. The molecule has 0 aliphatic carbocycles. The maximum absolute atomic E-state index is 14.3. The first-order valence-electron chi connectivity index (χ1n) is 10.6. The van der Waals surface area contributed by atoms with Crippen molar-refractivity contribution in [3.63, 3.8) is 0 Å². The number of hydrogen-bond donors (Lipinski definition) is 0. The summed E-state index contributed by atoms with van der Waals surface area (Å²) < 4.78 is 22.3. The monoisotopic (exact) mass is 505 g/mol. The molecule has 0 radical (unpaired) electrons. The average Bonchev–Trinajstić information content (AvgIpc) is 2.76. The van der Waals surface area contributed by atoms with Crippen LogP contribution in [0.4, 0.5) is 4.39 Å². The Kier molecular flexibility index (Phi) is 7.83. The van der Waals surface area contributed by atoms with Gasteiger partial charge in [-0.3, -0.25) is 4.79 Å². The Hall–Kier alpha value is -2.00. The maximum Gasteiger partial charge on any atom is 0.251 e. The van der Waals surface area contributed by atoms with Gasteiger partial charge in [-0.15, -0.1) is 0 Å². The average molecular weight is 506 g/mol. The largest absolute Gasteiger partial charge is 0.414 e. The summed E-state index contributed by atoms with van der Waals surface area (Å²) in [4.78, 5) is 21.9. The van der Waals surface area contributed by atoms with Crippen LogP contribution in [0.15, 0.2) is 58.7 Å². The van der Waals surface area contributed by atoms with Crippen molar-refractivity contribution in [3.05, 3.63) is 75.5 Å². The number of nitrogens with zero attached hydrogens (tertiary/aromatic N) is 3. The Morgan fingerprint density at radius 2 is 1.94 bits per heavy atom. The van der Waals surface area contributed by atoms with E-state index in [9.17, 15) is 9.18 Å². The molecule has 0 amide bonds. The number of halogens is 2. The Labute approximate surface area is 204 Å². The minimum atomic E-state index is -2.10. The van der Waals surface area contributed by atoms with Gasteiger partial charge in [-0.05, 0) is 54.2 Å². The van der Waals surface area contributed by atoms with Crippen molar-refractivity contribution in [3.8, 4) is 11.3 Å². The van der Waals surface area contributed by atoms with Crippen LogP contribution < -0.4 is 5.56 Å². The van der Waals surface area contributed by atoms with Gasteiger partial charge in [-0.2, -0.15) is 0 Å². The Bertz CT molecular complexity index is 1200. The Balaban J connectivity index is 2.02. The second kappa shape index (κ2) is 10.1. The lowest BCUT2D eigenvalue weighted by Gasteiger charge is -2.37. The van der Waals surface area contributed by atoms with Crippen molar-refractivity contribution in [1.29, 1.82) is 0 Å². The fourth-order valence-corrected chi connectivity index (χ4v) is 4.55. The van der Waals surface area contributed by atoms with Gasteiger partial charge in [0, 0.05) is 24.0 Å². The highest BCUT2D eigenvalue weighted by Gasteiger charge is 2.38. The third-order valence-corrected chi connectivity index (χ3v) is 11.5. The van der Waals surface area contributed by atoms with Crippen molar-refractivity contribution < 1.29 is 8.82 Å². The molecular formula is C24H29ClFN3O2SSi. The van der Waals surface area contributed by atoms with Gasteiger partial charge in [0.05, 0.1) is 23.4 Å². The van der Waals surface area contributed by atoms with Crippen LogP contribution in [0.3, 0.4) is 0 Å². The Morgan fingerprint density at radius 1 is 1.21 bits per heavy atom. The molecule has 2 aromatic heterocycles. The first-order valence-corrected chi connectivity index (χ1v) is 15.1. The molecule has 1 aromatic carbocycles. The summed E-state index contributed by atoms with van der Waals surface area (Å²) in [6.45, 7) is 11.0. The first-order chi connectivity index (χ1) is 15.4. The predicted molar refractivity (Wildman–Crippen MR) is 136 cm³/mol. The van der Waals surface area contributed by atoms with Gasteiger partial charge in [0.25, 0.3) is 5.56 Å². The predicted octanol–water partition coefficient (Wildman–Crippen LogP) is 6.43. The standard InChI is InChI=1S/C24H29ClFN3O2SSi/c1-24(2,3)33(5,6)31-15-21(17-7-8-18(25)19(26)13-17)29-12-10-16(14-22(29)30)20-9-11-27-23(28-20)32-4/h7-14,21H,15H2,1-6H3. The van der Waals surface area contributed by atoms with Crippen molar-refractivity contribution in [2.45, 2.75) is 50.1 Å². The fourth-order valence-electron chi connectivity index (χ4n) is 3.07. The minimum Gasteiger partial charge on any atom is -0.414 e. The van der Waals surface area contributed by atoms with Crippen LogP contribution in [0.25, 0.3) is 11.3 Å². The molecule has 0 saturated heterocycles. The number of thioether (sulfide) groups is 1. The summed E-state index contributed by atoms with van der Waals surface area (Å²) >= 11 is 7.34. The molecule has 3 rings (SSSR count). The smallest absolute Gasteiger partial charge is 0.251 e. The van der Waals surface area contributed by atoms with Crippen LogP contribution in [-0.2, 0) is 4.43 Å². The van der Waals surface area contributed by atoms with Gasteiger partial charge < -0.3 is 8.99 Å². The summed E-state index contributed by atoms with van der Waals surface area (Å²) in [5.41, 5.74) is 1.76. The summed E-state index contributed by atoms with van der Waals surface area (Å²) in [6, 6.07) is 9.26. The zero-order chi connectivity index (χ0) is 24.4. The number of benzene rings is 1. The van der Waals surface area contributed by atoms with Gasteiger partial charge in [0.1, 0.15) is 5.82 Å². The number of aromatic nitrogens is 3. The van der Waals surface area contributed by atoms with E-state index >= 15 is 0 Å².